The van der Waals surface area contributed by atoms with Crippen molar-refractivity contribution in [3.05, 3.63) is 65.7 Å². The smallest absolute Gasteiger partial charge is 0.119 e. The highest BCUT2D eigenvalue weighted by molar-refractivity contribution is 5.27. The van der Waals surface area contributed by atoms with Crippen molar-refractivity contribution >= 4 is 0 Å². The summed E-state index contributed by atoms with van der Waals surface area (Å²) in [6.45, 7) is 4.90. The van der Waals surface area contributed by atoms with Crippen molar-refractivity contribution in [3.8, 4) is 5.75 Å². The number of benzene rings is 2. The molecule has 0 spiro atoms. The quantitative estimate of drug-likeness (QED) is 0.627. The first-order valence-corrected chi connectivity index (χ1v) is 8.35. The Morgan fingerprint density at radius 1 is 0.818 bits per heavy atom. The Morgan fingerprint density at radius 2 is 1.59 bits per heavy atom. The molecule has 2 nitrogen and oxygen atoms in total. The van der Waals surface area contributed by atoms with Gasteiger partial charge in [-0.2, -0.15) is 0 Å². The van der Waals surface area contributed by atoms with E-state index in [1.54, 1.807) is 0 Å². The molecule has 2 aromatic rings. The number of hydrogen-bond donors (Lipinski definition) is 1. The minimum Gasteiger partial charge on any atom is -0.489 e. The Balaban J connectivity index is 1.67. The van der Waals surface area contributed by atoms with Gasteiger partial charge in [-0.25, -0.2) is 0 Å². The summed E-state index contributed by atoms with van der Waals surface area (Å²) >= 11 is 0. The van der Waals surface area contributed by atoms with Gasteiger partial charge in [0.15, 0.2) is 0 Å². The van der Waals surface area contributed by atoms with E-state index in [0.29, 0.717) is 6.61 Å². The van der Waals surface area contributed by atoms with Gasteiger partial charge in [0.05, 0.1) is 0 Å². The minimum absolute atomic E-state index is 0.621. The van der Waals surface area contributed by atoms with Crippen molar-refractivity contribution in [1.82, 2.24) is 5.32 Å². The molecular formula is C20H27NO. The Hall–Kier alpha value is -1.80. The van der Waals surface area contributed by atoms with E-state index in [1.807, 2.05) is 18.2 Å². The highest BCUT2D eigenvalue weighted by atomic mass is 16.5. The number of unbranched alkanes of at least 4 members (excludes halogenated alkanes) is 3. The standard InChI is InChI=1S/C20H27NO/c1-2-3-4-8-15-21-16-18-11-13-20(14-12-18)22-17-19-9-6-5-7-10-19/h5-7,9-14,21H,2-4,8,15-17H2,1H3. The van der Waals surface area contributed by atoms with Crippen molar-refractivity contribution in [2.24, 2.45) is 0 Å². The second-order valence-electron chi connectivity index (χ2n) is 5.66. The second kappa shape index (κ2) is 10.0. The predicted molar refractivity (Wildman–Crippen MR) is 93.1 cm³/mol. The first-order chi connectivity index (χ1) is 10.9. The van der Waals surface area contributed by atoms with E-state index in [-0.39, 0.29) is 0 Å². The average molecular weight is 297 g/mol. The van der Waals surface area contributed by atoms with Crippen LogP contribution in [0.3, 0.4) is 0 Å². The molecule has 0 aliphatic rings. The molecule has 0 fully saturated rings. The van der Waals surface area contributed by atoms with Crippen LogP contribution in [0.15, 0.2) is 54.6 Å². The third-order valence-electron chi connectivity index (χ3n) is 3.71. The molecule has 0 aromatic heterocycles. The van der Waals surface area contributed by atoms with Crippen LogP contribution in [0, 0.1) is 0 Å². The fourth-order valence-corrected chi connectivity index (χ4v) is 2.35. The average Bonchev–Trinajstić information content (AvgIpc) is 2.58. The lowest BCUT2D eigenvalue weighted by Gasteiger charge is -2.08. The topological polar surface area (TPSA) is 21.3 Å². The summed E-state index contributed by atoms with van der Waals surface area (Å²) in [5, 5.41) is 3.50. The lowest BCUT2D eigenvalue weighted by molar-refractivity contribution is 0.306. The second-order valence-corrected chi connectivity index (χ2v) is 5.66. The summed E-state index contributed by atoms with van der Waals surface area (Å²) in [6, 6.07) is 18.6. The van der Waals surface area contributed by atoms with E-state index >= 15 is 0 Å². The van der Waals surface area contributed by atoms with Crippen molar-refractivity contribution in [2.45, 2.75) is 45.8 Å². The van der Waals surface area contributed by atoms with Crippen LogP contribution in [0.2, 0.25) is 0 Å². The number of nitrogens with one attached hydrogen (secondary N) is 1. The van der Waals surface area contributed by atoms with Crippen molar-refractivity contribution in [2.75, 3.05) is 6.54 Å². The zero-order chi connectivity index (χ0) is 15.5. The summed E-state index contributed by atoms with van der Waals surface area (Å²) in [5.74, 6) is 0.926. The molecule has 2 heteroatoms. The van der Waals surface area contributed by atoms with Crippen LogP contribution >= 0.6 is 0 Å². The van der Waals surface area contributed by atoms with Gasteiger partial charge >= 0.3 is 0 Å². The molecule has 118 valence electrons. The zero-order valence-corrected chi connectivity index (χ0v) is 13.6. The van der Waals surface area contributed by atoms with Crippen molar-refractivity contribution < 1.29 is 4.74 Å². The third-order valence-corrected chi connectivity index (χ3v) is 3.71. The summed E-state index contributed by atoms with van der Waals surface area (Å²) in [5.41, 5.74) is 2.50. The van der Waals surface area contributed by atoms with E-state index in [4.69, 9.17) is 4.74 Å². The maximum absolute atomic E-state index is 5.80. The van der Waals surface area contributed by atoms with Gasteiger partial charge in [-0.15, -0.1) is 0 Å². The van der Waals surface area contributed by atoms with E-state index in [0.717, 1.165) is 18.8 Å². The van der Waals surface area contributed by atoms with Crippen LogP contribution < -0.4 is 10.1 Å². The van der Waals surface area contributed by atoms with Gasteiger partial charge in [0, 0.05) is 6.54 Å². The van der Waals surface area contributed by atoms with Gasteiger partial charge in [0.25, 0.3) is 0 Å². The summed E-state index contributed by atoms with van der Waals surface area (Å²) in [4.78, 5) is 0. The zero-order valence-electron chi connectivity index (χ0n) is 13.6. The molecule has 0 radical (unpaired) electrons. The van der Waals surface area contributed by atoms with Gasteiger partial charge in [0.2, 0.25) is 0 Å². The molecule has 0 heterocycles. The maximum atomic E-state index is 5.80. The van der Waals surface area contributed by atoms with Crippen LogP contribution in [-0.4, -0.2) is 6.54 Å². The maximum Gasteiger partial charge on any atom is 0.119 e. The van der Waals surface area contributed by atoms with E-state index in [1.165, 1.54) is 36.8 Å². The molecule has 0 atom stereocenters. The summed E-state index contributed by atoms with van der Waals surface area (Å²) < 4.78 is 5.80. The Kier molecular flexibility index (Phi) is 7.54. The lowest BCUT2D eigenvalue weighted by Crippen LogP contribution is -2.14. The molecule has 0 saturated heterocycles. The van der Waals surface area contributed by atoms with Gasteiger partial charge < -0.3 is 10.1 Å². The lowest BCUT2D eigenvalue weighted by atomic mass is 10.2. The van der Waals surface area contributed by atoms with Gasteiger partial charge in [-0.05, 0) is 36.2 Å². The van der Waals surface area contributed by atoms with Crippen LogP contribution in [0.4, 0.5) is 0 Å². The van der Waals surface area contributed by atoms with E-state index < -0.39 is 0 Å². The summed E-state index contributed by atoms with van der Waals surface area (Å²) in [6.07, 6.45) is 5.24. The predicted octanol–water partition coefficient (Wildman–Crippen LogP) is 4.94. The third kappa shape index (κ3) is 6.31. The highest BCUT2D eigenvalue weighted by Gasteiger charge is 1.97. The molecular weight excluding hydrogens is 270 g/mol. The van der Waals surface area contributed by atoms with Crippen LogP contribution in [0.25, 0.3) is 0 Å². The molecule has 22 heavy (non-hydrogen) atoms. The van der Waals surface area contributed by atoms with Gasteiger partial charge in [-0.1, -0.05) is 68.7 Å². The first kappa shape index (κ1) is 16.6. The Bertz CT molecular complexity index is 507. The number of rotatable bonds is 10. The molecule has 0 aliphatic heterocycles. The number of ether oxygens (including phenoxy) is 1. The fraction of sp³-hybridized carbons (Fsp3) is 0.400. The fourth-order valence-electron chi connectivity index (χ4n) is 2.35. The molecule has 0 unspecified atom stereocenters. The largest absolute Gasteiger partial charge is 0.489 e. The van der Waals surface area contributed by atoms with Gasteiger partial charge in [0.1, 0.15) is 12.4 Å². The molecule has 1 N–H and O–H groups in total. The molecule has 0 amide bonds. The van der Waals surface area contributed by atoms with Crippen molar-refractivity contribution in [3.63, 3.8) is 0 Å². The van der Waals surface area contributed by atoms with Crippen molar-refractivity contribution in [1.29, 1.82) is 0 Å². The van der Waals surface area contributed by atoms with E-state index in [2.05, 4.69) is 48.6 Å². The molecule has 0 bridgehead atoms. The van der Waals surface area contributed by atoms with E-state index in [9.17, 15) is 0 Å². The van der Waals surface area contributed by atoms with Crippen LogP contribution in [0.1, 0.15) is 43.7 Å². The molecule has 2 rings (SSSR count). The van der Waals surface area contributed by atoms with Crippen LogP contribution in [0.5, 0.6) is 5.75 Å². The highest BCUT2D eigenvalue weighted by Crippen LogP contribution is 2.14. The number of hydrogen-bond acceptors (Lipinski definition) is 2. The molecule has 0 aliphatic carbocycles. The monoisotopic (exact) mass is 297 g/mol. The molecule has 2 aromatic carbocycles. The Labute approximate surface area is 134 Å². The summed E-state index contributed by atoms with van der Waals surface area (Å²) in [7, 11) is 0. The normalized spacial score (nSPS) is 10.6. The first-order valence-electron chi connectivity index (χ1n) is 8.35. The van der Waals surface area contributed by atoms with Crippen LogP contribution in [-0.2, 0) is 13.2 Å². The SMILES string of the molecule is CCCCCCNCc1ccc(OCc2ccccc2)cc1. The Morgan fingerprint density at radius 3 is 2.32 bits per heavy atom. The minimum atomic E-state index is 0.621. The molecule has 0 saturated carbocycles. The van der Waals surface area contributed by atoms with Gasteiger partial charge in [-0.3, -0.25) is 0 Å².